The van der Waals surface area contributed by atoms with Gasteiger partial charge in [0.1, 0.15) is 0 Å². The van der Waals surface area contributed by atoms with Crippen molar-refractivity contribution in [3.05, 3.63) is 0 Å². The van der Waals surface area contributed by atoms with Gasteiger partial charge in [0.15, 0.2) is 0 Å². The van der Waals surface area contributed by atoms with Crippen LogP contribution in [-0.2, 0) is 0 Å². The summed E-state index contributed by atoms with van der Waals surface area (Å²) in [5.74, 6) is 0. The second kappa shape index (κ2) is 30.4. The Labute approximate surface area is 35.8 Å². The van der Waals surface area contributed by atoms with Crippen molar-refractivity contribution in [2.24, 2.45) is 0 Å². The van der Waals surface area contributed by atoms with E-state index in [4.69, 9.17) is 5.11 Å². The first-order valence-corrected chi connectivity index (χ1v) is 4.69. The number of hydrogen-bond donors (Lipinski definition) is 1. The second-order valence-electron chi connectivity index (χ2n) is 0.707. The summed E-state index contributed by atoms with van der Waals surface area (Å²) in [7, 11) is 1.42. The Morgan fingerprint density at radius 3 is 1.20 bits per heavy atom. The van der Waals surface area contributed by atoms with Crippen molar-refractivity contribution >= 4 is 9.52 Å². The lowest BCUT2D eigenvalue weighted by Crippen LogP contribution is -1.53. The molecule has 0 radical (unpaired) electrons. The van der Waals surface area contributed by atoms with Crippen LogP contribution in [0.4, 0.5) is 0 Å². The molecule has 0 aromatic rings. The van der Waals surface area contributed by atoms with Crippen LogP contribution in [0.5, 0.6) is 0 Å². The molecule has 0 rings (SSSR count). The largest absolute Gasteiger partial charge is 0.400 e. The lowest BCUT2D eigenvalue weighted by Gasteiger charge is -1.45. The SMILES string of the molecule is CO.C[SiH2]C. The van der Waals surface area contributed by atoms with E-state index in [1.807, 2.05) is 0 Å². The number of rotatable bonds is 0. The second-order valence-corrected chi connectivity index (χ2v) is 2.12. The van der Waals surface area contributed by atoms with Crippen molar-refractivity contribution in [2.75, 3.05) is 7.11 Å². The van der Waals surface area contributed by atoms with Gasteiger partial charge in [-0.05, 0) is 0 Å². The Balaban J connectivity index is 0. The van der Waals surface area contributed by atoms with Crippen molar-refractivity contribution < 1.29 is 5.11 Å². The first kappa shape index (κ1) is 8.95. The third-order valence-corrected chi connectivity index (χ3v) is 0. The Morgan fingerprint density at radius 2 is 1.20 bits per heavy atom. The highest BCUT2D eigenvalue weighted by molar-refractivity contribution is 6.31. The van der Waals surface area contributed by atoms with Crippen molar-refractivity contribution in [2.45, 2.75) is 13.1 Å². The summed E-state index contributed by atoms with van der Waals surface area (Å²) in [4.78, 5) is 0. The molecule has 0 unspecified atom stereocenters. The Hall–Kier alpha value is 0.177. The molecular formula is C3H12OSi. The first-order chi connectivity index (χ1) is 2.41. The summed E-state index contributed by atoms with van der Waals surface area (Å²) in [6.45, 7) is 4.53. The van der Waals surface area contributed by atoms with Crippen LogP contribution in [0.2, 0.25) is 13.1 Å². The molecule has 34 valence electrons. The number of aliphatic hydroxyl groups excluding tert-OH is 1. The van der Waals surface area contributed by atoms with Crippen LogP contribution in [0.15, 0.2) is 0 Å². The van der Waals surface area contributed by atoms with E-state index in [0.29, 0.717) is 9.52 Å². The van der Waals surface area contributed by atoms with Gasteiger partial charge in [0.25, 0.3) is 0 Å². The van der Waals surface area contributed by atoms with Gasteiger partial charge >= 0.3 is 0 Å². The lowest BCUT2D eigenvalue weighted by molar-refractivity contribution is 0.399. The van der Waals surface area contributed by atoms with E-state index in [0.717, 1.165) is 7.11 Å². The zero-order valence-electron chi connectivity index (χ0n) is 4.15. The standard InChI is InChI=1S/C2H8Si.CH4O/c1-3-2;1-2/h3H2,1-2H3;2H,1H3. The molecule has 5 heavy (non-hydrogen) atoms. The minimum atomic E-state index is 0.417. The van der Waals surface area contributed by atoms with Gasteiger partial charge in [-0.2, -0.15) is 0 Å². The van der Waals surface area contributed by atoms with Gasteiger partial charge in [0, 0.05) is 16.6 Å². The van der Waals surface area contributed by atoms with Gasteiger partial charge in [0.2, 0.25) is 0 Å². The molecule has 2 heteroatoms. The van der Waals surface area contributed by atoms with Crippen LogP contribution >= 0.6 is 0 Å². The van der Waals surface area contributed by atoms with E-state index in [-0.39, 0.29) is 0 Å². The molecule has 0 amide bonds. The maximum absolute atomic E-state index is 7.00. The van der Waals surface area contributed by atoms with Crippen LogP contribution in [0, 0.1) is 0 Å². The summed E-state index contributed by atoms with van der Waals surface area (Å²) >= 11 is 0. The summed E-state index contributed by atoms with van der Waals surface area (Å²) in [6.07, 6.45) is 0. The molecule has 0 bridgehead atoms. The molecule has 0 saturated carbocycles. The molecule has 0 aliphatic rings. The number of aliphatic hydroxyl groups is 1. The molecule has 0 aromatic carbocycles. The number of hydrogen-bond acceptors (Lipinski definition) is 1. The highest BCUT2D eigenvalue weighted by Gasteiger charge is 1.38. The van der Waals surface area contributed by atoms with E-state index in [1.54, 1.807) is 0 Å². The minimum absolute atomic E-state index is 0.417. The average Bonchev–Trinajstić information content (AvgIpc) is 1.46. The molecule has 0 aliphatic heterocycles. The predicted molar refractivity (Wildman–Crippen MR) is 28.4 cm³/mol. The first-order valence-electron chi connectivity index (χ1n) is 1.86. The highest BCUT2D eigenvalue weighted by atomic mass is 28.2. The summed E-state index contributed by atoms with van der Waals surface area (Å²) in [5, 5.41) is 7.00. The molecule has 1 nitrogen and oxygen atoms in total. The fourth-order valence-corrected chi connectivity index (χ4v) is 0. The van der Waals surface area contributed by atoms with Gasteiger partial charge in [-0.15, -0.1) is 0 Å². The van der Waals surface area contributed by atoms with Gasteiger partial charge in [-0.3, -0.25) is 0 Å². The molecule has 0 aliphatic carbocycles. The van der Waals surface area contributed by atoms with E-state index in [1.165, 1.54) is 0 Å². The van der Waals surface area contributed by atoms with Crippen molar-refractivity contribution in [3.8, 4) is 0 Å². The van der Waals surface area contributed by atoms with Gasteiger partial charge in [0.05, 0.1) is 0 Å². The van der Waals surface area contributed by atoms with Crippen LogP contribution in [0.3, 0.4) is 0 Å². The Kier molecular flexibility index (Phi) is 54.5. The molecule has 0 aromatic heterocycles. The zero-order valence-corrected chi connectivity index (χ0v) is 5.57. The Bertz CT molecular complexity index is 6.85. The van der Waals surface area contributed by atoms with Gasteiger partial charge in [-0.25, -0.2) is 0 Å². The van der Waals surface area contributed by atoms with Crippen molar-refractivity contribution in [3.63, 3.8) is 0 Å². The minimum Gasteiger partial charge on any atom is -0.400 e. The predicted octanol–water partition coefficient (Wildman–Crippen LogP) is -0.140. The van der Waals surface area contributed by atoms with E-state index in [2.05, 4.69) is 13.1 Å². The lowest BCUT2D eigenvalue weighted by atomic mass is 11.8. The molecule has 0 heterocycles. The third kappa shape index (κ3) is 633. The molecule has 0 atom stereocenters. The third-order valence-electron chi connectivity index (χ3n) is 0. The van der Waals surface area contributed by atoms with Crippen LogP contribution in [0.25, 0.3) is 0 Å². The zero-order chi connectivity index (χ0) is 4.71. The normalized spacial score (nSPS) is 4.80. The fourth-order valence-electron chi connectivity index (χ4n) is 0. The van der Waals surface area contributed by atoms with Crippen molar-refractivity contribution in [1.29, 1.82) is 0 Å². The quantitative estimate of drug-likeness (QED) is 0.412. The van der Waals surface area contributed by atoms with Crippen LogP contribution in [0.1, 0.15) is 0 Å². The fraction of sp³-hybridized carbons (Fsp3) is 1.00. The van der Waals surface area contributed by atoms with Crippen molar-refractivity contribution in [1.82, 2.24) is 0 Å². The van der Waals surface area contributed by atoms with E-state index in [9.17, 15) is 0 Å². The highest BCUT2D eigenvalue weighted by Crippen LogP contribution is 1.36. The maximum atomic E-state index is 7.00. The molecule has 0 fully saturated rings. The van der Waals surface area contributed by atoms with Crippen LogP contribution in [-0.4, -0.2) is 21.7 Å². The Morgan fingerprint density at radius 1 is 1.20 bits per heavy atom. The average molecular weight is 92.2 g/mol. The van der Waals surface area contributed by atoms with Gasteiger partial charge in [-0.1, -0.05) is 13.1 Å². The van der Waals surface area contributed by atoms with E-state index >= 15 is 0 Å². The maximum Gasteiger partial charge on any atom is 0.0319 e. The molecule has 0 spiro atoms. The van der Waals surface area contributed by atoms with Gasteiger partial charge < -0.3 is 5.11 Å². The smallest absolute Gasteiger partial charge is 0.0319 e. The summed E-state index contributed by atoms with van der Waals surface area (Å²) < 4.78 is 0. The summed E-state index contributed by atoms with van der Waals surface area (Å²) in [5.41, 5.74) is 0. The topological polar surface area (TPSA) is 20.2 Å². The van der Waals surface area contributed by atoms with E-state index < -0.39 is 0 Å². The molecule has 1 N–H and O–H groups in total. The molecular weight excluding hydrogens is 80.1 g/mol. The van der Waals surface area contributed by atoms with Crippen LogP contribution < -0.4 is 0 Å². The molecule has 0 saturated heterocycles. The monoisotopic (exact) mass is 92.1 g/mol. The summed E-state index contributed by atoms with van der Waals surface area (Å²) in [6, 6.07) is 0.